The fourth-order valence-electron chi connectivity index (χ4n) is 6.54. The van der Waals surface area contributed by atoms with E-state index in [2.05, 4.69) is 156 Å². The van der Waals surface area contributed by atoms with Crippen LogP contribution in [0.4, 0.5) is 0 Å². The molecule has 0 saturated heterocycles. The van der Waals surface area contributed by atoms with Gasteiger partial charge in [-0.05, 0) is 114 Å². The summed E-state index contributed by atoms with van der Waals surface area (Å²) >= 11 is 0. The topological polar surface area (TPSA) is 0 Å². The molecule has 4 aromatic rings. The van der Waals surface area contributed by atoms with Gasteiger partial charge in [-0.25, -0.2) is 0 Å². The summed E-state index contributed by atoms with van der Waals surface area (Å²) in [6.07, 6.45) is 3.81. The molecule has 1 aliphatic rings. The van der Waals surface area contributed by atoms with Crippen LogP contribution < -0.4 is 0 Å². The maximum Gasteiger partial charge on any atom is -0.00254 e. The summed E-state index contributed by atoms with van der Waals surface area (Å²) in [4.78, 5) is 0. The molecule has 1 aliphatic carbocycles. The second-order valence-electron chi connectivity index (χ2n) is 17.9. The van der Waals surface area contributed by atoms with Gasteiger partial charge in [0.15, 0.2) is 0 Å². The zero-order valence-corrected chi connectivity index (χ0v) is 29.8. The molecule has 44 heavy (non-hydrogen) atoms. The van der Waals surface area contributed by atoms with Crippen LogP contribution >= 0.6 is 0 Å². The van der Waals surface area contributed by atoms with E-state index in [4.69, 9.17) is 0 Å². The van der Waals surface area contributed by atoms with Crippen molar-refractivity contribution in [1.82, 2.24) is 0 Å². The Hall–Kier alpha value is -3.12. The lowest BCUT2D eigenvalue weighted by Gasteiger charge is -2.25. The summed E-state index contributed by atoms with van der Waals surface area (Å²) < 4.78 is 0. The van der Waals surface area contributed by atoms with Crippen LogP contribution in [0.1, 0.15) is 150 Å². The molecule has 0 heterocycles. The first kappa shape index (κ1) is 32.3. The lowest BCUT2D eigenvalue weighted by molar-refractivity contribution is 0.587. The number of rotatable bonds is 0. The summed E-state index contributed by atoms with van der Waals surface area (Å²) in [5.41, 5.74) is 17.4. The van der Waals surface area contributed by atoms with Crippen molar-refractivity contribution in [2.24, 2.45) is 0 Å². The van der Waals surface area contributed by atoms with E-state index >= 15 is 0 Å². The van der Waals surface area contributed by atoms with Crippen LogP contribution in [0.15, 0.2) is 72.8 Å². The van der Waals surface area contributed by atoms with Crippen LogP contribution in [0, 0.1) is 0 Å². The Morgan fingerprint density at radius 1 is 0.250 bits per heavy atom. The minimum Gasteiger partial charge on any atom is -0.0561 e. The van der Waals surface area contributed by atoms with E-state index in [1.54, 1.807) is 0 Å². The third-order valence-electron chi connectivity index (χ3n) is 9.31. The Morgan fingerprint density at radius 2 is 0.386 bits per heavy atom. The molecule has 0 aromatic heterocycles. The lowest BCUT2D eigenvalue weighted by atomic mass is 9.80. The highest BCUT2D eigenvalue weighted by atomic mass is 14.3. The van der Waals surface area contributed by atoms with Crippen molar-refractivity contribution < 1.29 is 0 Å². The molecule has 0 spiro atoms. The quantitative estimate of drug-likeness (QED) is 0.170. The monoisotopic (exact) mass is 584 g/mol. The summed E-state index contributed by atoms with van der Waals surface area (Å²) in [6.45, 7) is 28.1. The van der Waals surface area contributed by atoms with E-state index in [1.807, 2.05) is 0 Å². The molecule has 4 aromatic carbocycles. The second kappa shape index (κ2) is 11.3. The standard InChI is InChI=1S/C44H56/c1-41(2,3)37-21-29-13-30(22-37)18-32-15-34(26-39(24-32)43(7,8)9)20-36-16-35(27-40(28-36)44(10,11)12)19-33-14-31(17-29)23-38(25-33)42(4,5)6/h13-16,21-28H,17-20H2,1-12H3. The van der Waals surface area contributed by atoms with E-state index in [9.17, 15) is 0 Å². The number of benzene rings is 4. The molecule has 8 bridgehead atoms. The van der Waals surface area contributed by atoms with E-state index < -0.39 is 0 Å². The first-order valence-corrected chi connectivity index (χ1v) is 16.8. The van der Waals surface area contributed by atoms with E-state index in [-0.39, 0.29) is 21.7 Å². The van der Waals surface area contributed by atoms with Crippen molar-refractivity contribution in [3.63, 3.8) is 0 Å². The third-order valence-corrected chi connectivity index (χ3v) is 9.31. The molecule has 0 aliphatic heterocycles. The number of hydrogen-bond donors (Lipinski definition) is 0. The SMILES string of the molecule is CC(C)(C)c1cc2cc(c1)Cc1cc(cc(C(C)(C)C)c1)Cc1cc(cc(C(C)(C)C)c1)Cc1cc(cc(C(C)(C)C)c1)C2. The van der Waals surface area contributed by atoms with Gasteiger partial charge in [0.05, 0.1) is 0 Å². The molecule has 0 atom stereocenters. The molecule has 0 nitrogen and oxygen atoms in total. The highest BCUT2D eigenvalue weighted by Gasteiger charge is 2.21. The Kier molecular flexibility index (Phi) is 8.33. The molecule has 0 unspecified atom stereocenters. The van der Waals surface area contributed by atoms with Crippen molar-refractivity contribution in [1.29, 1.82) is 0 Å². The smallest absolute Gasteiger partial charge is 0.00254 e. The van der Waals surface area contributed by atoms with Gasteiger partial charge < -0.3 is 0 Å². The van der Waals surface area contributed by atoms with E-state index in [1.165, 1.54) is 66.8 Å². The Balaban J connectivity index is 1.76. The largest absolute Gasteiger partial charge is 0.0561 e. The second-order valence-corrected chi connectivity index (χ2v) is 17.9. The van der Waals surface area contributed by atoms with Crippen molar-refractivity contribution in [3.8, 4) is 0 Å². The normalized spacial score (nSPS) is 14.5. The van der Waals surface area contributed by atoms with Gasteiger partial charge in [0.25, 0.3) is 0 Å². The van der Waals surface area contributed by atoms with Gasteiger partial charge in [-0.1, -0.05) is 156 Å². The Bertz CT molecular complexity index is 1330. The van der Waals surface area contributed by atoms with Crippen LogP contribution in [0.5, 0.6) is 0 Å². The van der Waals surface area contributed by atoms with Crippen LogP contribution in [0.3, 0.4) is 0 Å². The van der Waals surface area contributed by atoms with Gasteiger partial charge in [-0.2, -0.15) is 0 Å². The highest BCUT2D eigenvalue weighted by Crippen LogP contribution is 2.33. The summed E-state index contributed by atoms with van der Waals surface area (Å²) in [6, 6.07) is 29.6. The molecule has 0 heteroatoms. The summed E-state index contributed by atoms with van der Waals surface area (Å²) in [5, 5.41) is 0. The fourth-order valence-corrected chi connectivity index (χ4v) is 6.54. The van der Waals surface area contributed by atoms with Gasteiger partial charge in [-0.15, -0.1) is 0 Å². The molecule has 0 N–H and O–H groups in total. The number of fused-ring (bicyclic) bond motifs is 8. The van der Waals surface area contributed by atoms with Crippen LogP contribution in [0.2, 0.25) is 0 Å². The molecule has 232 valence electrons. The minimum atomic E-state index is 0.0932. The van der Waals surface area contributed by atoms with Crippen LogP contribution in [-0.2, 0) is 47.3 Å². The maximum absolute atomic E-state index is 2.48. The minimum absolute atomic E-state index is 0.0932. The highest BCUT2D eigenvalue weighted by molar-refractivity contribution is 5.46. The van der Waals surface area contributed by atoms with Gasteiger partial charge in [0, 0.05) is 0 Å². The van der Waals surface area contributed by atoms with Gasteiger partial charge >= 0.3 is 0 Å². The molecule has 0 saturated carbocycles. The molecular formula is C44H56. The zero-order chi connectivity index (χ0) is 32.2. The van der Waals surface area contributed by atoms with Crippen molar-refractivity contribution in [2.45, 2.75) is 130 Å². The first-order valence-electron chi connectivity index (χ1n) is 16.8. The molecule has 0 radical (unpaired) electrons. The molecule has 0 fully saturated rings. The molecule has 5 rings (SSSR count). The van der Waals surface area contributed by atoms with Crippen molar-refractivity contribution >= 4 is 0 Å². The number of hydrogen-bond acceptors (Lipinski definition) is 0. The first-order chi connectivity index (χ1) is 20.2. The van der Waals surface area contributed by atoms with Gasteiger partial charge in [0.1, 0.15) is 0 Å². The molecular weight excluding hydrogens is 528 g/mol. The maximum atomic E-state index is 2.48. The van der Waals surface area contributed by atoms with E-state index in [0.29, 0.717) is 0 Å². The van der Waals surface area contributed by atoms with Crippen LogP contribution in [0.25, 0.3) is 0 Å². The summed E-state index contributed by atoms with van der Waals surface area (Å²) in [5.74, 6) is 0. The predicted octanol–water partition coefficient (Wildman–Crippen LogP) is 11.6. The average molecular weight is 585 g/mol. The Labute approximate surface area is 269 Å². The van der Waals surface area contributed by atoms with Gasteiger partial charge in [0.2, 0.25) is 0 Å². The lowest BCUT2D eigenvalue weighted by Crippen LogP contribution is -2.15. The Morgan fingerprint density at radius 3 is 0.500 bits per heavy atom. The van der Waals surface area contributed by atoms with Crippen LogP contribution in [-0.4, -0.2) is 0 Å². The predicted molar refractivity (Wildman–Crippen MR) is 192 cm³/mol. The van der Waals surface area contributed by atoms with Gasteiger partial charge in [-0.3, -0.25) is 0 Å². The van der Waals surface area contributed by atoms with Crippen molar-refractivity contribution in [3.05, 3.63) is 140 Å². The molecule has 0 amide bonds. The zero-order valence-electron chi connectivity index (χ0n) is 29.8. The third kappa shape index (κ3) is 7.74. The average Bonchev–Trinajstić information content (AvgIpc) is 2.85. The van der Waals surface area contributed by atoms with E-state index in [0.717, 1.165) is 25.7 Å². The summed E-state index contributed by atoms with van der Waals surface area (Å²) in [7, 11) is 0. The fraction of sp³-hybridized carbons (Fsp3) is 0.455. The van der Waals surface area contributed by atoms with Crippen molar-refractivity contribution in [2.75, 3.05) is 0 Å².